The van der Waals surface area contributed by atoms with Crippen LogP contribution in [0.1, 0.15) is 13.8 Å². The Morgan fingerprint density at radius 3 is 2.41 bits per heavy atom. The summed E-state index contributed by atoms with van der Waals surface area (Å²) in [6.45, 7) is 5.18. The first kappa shape index (κ1) is 17.7. The maximum atomic E-state index is 6.21. The van der Waals surface area contributed by atoms with Gasteiger partial charge in [0.1, 0.15) is 17.9 Å². The fraction of sp³-hybridized carbons (Fsp3) is 0.182. The molecule has 0 bridgehead atoms. The molecule has 136 valence electrons. The summed E-state index contributed by atoms with van der Waals surface area (Å²) in [6, 6.07) is 18.4. The van der Waals surface area contributed by atoms with Crippen molar-refractivity contribution >= 4 is 32.8 Å². The lowest BCUT2D eigenvalue weighted by atomic mass is 9.99. The van der Waals surface area contributed by atoms with Crippen LogP contribution in [0.5, 0.6) is 0 Å². The average molecular weight is 422 g/mol. The Balaban J connectivity index is 1.98. The number of benzene rings is 2. The molecule has 5 heteroatoms. The fourth-order valence-electron chi connectivity index (χ4n) is 3.05. The molecule has 2 aromatic carbocycles. The number of hydrogen-bond donors (Lipinski definition) is 1. The van der Waals surface area contributed by atoms with Crippen molar-refractivity contribution in [3.63, 3.8) is 0 Å². The third-order valence-electron chi connectivity index (χ3n) is 4.33. The number of anilines is 1. The third-order valence-corrected chi connectivity index (χ3v) is 4.86. The summed E-state index contributed by atoms with van der Waals surface area (Å²) in [4.78, 5) is 8.89. The number of nitrogens with one attached hydrogen (secondary N) is 1. The van der Waals surface area contributed by atoms with Crippen LogP contribution in [0.25, 0.3) is 33.6 Å². The minimum Gasteiger partial charge on any atom is -0.437 e. The van der Waals surface area contributed by atoms with Crippen LogP contribution in [0.4, 0.5) is 5.82 Å². The molecule has 0 amide bonds. The summed E-state index contributed by atoms with van der Waals surface area (Å²) >= 11 is 3.52. The number of halogens is 1. The molecule has 0 atom stereocenters. The SMILES string of the molecule is CC(C)CNc1ncnc2oc(-c3ccccc3)c(-c3ccc(Br)cc3)c12. The molecular formula is C22H20BrN3O. The molecule has 0 unspecified atom stereocenters. The highest BCUT2D eigenvalue weighted by molar-refractivity contribution is 9.10. The Bertz CT molecular complexity index is 1060. The molecule has 4 aromatic rings. The van der Waals surface area contributed by atoms with E-state index in [0.717, 1.165) is 44.7 Å². The van der Waals surface area contributed by atoms with Gasteiger partial charge in [0.25, 0.3) is 0 Å². The molecule has 4 rings (SSSR count). The van der Waals surface area contributed by atoms with Crippen LogP contribution in [0.15, 0.2) is 69.8 Å². The standard InChI is InChI=1S/C22H20BrN3O/c1-14(2)12-24-21-19-18(15-8-10-17(23)11-9-15)20(16-6-4-3-5-7-16)27-22(19)26-13-25-21/h3-11,13-14H,12H2,1-2H3,(H,24,25,26). The zero-order chi connectivity index (χ0) is 18.8. The van der Waals surface area contributed by atoms with Gasteiger partial charge < -0.3 is 9.73 Å². The first-order chi connectivity index (χ1) is 13.1. The van der Waals surface area contributed by atoms with E-state index in [1.807, 2.05) is 30.3 Å². The third kappa shape index (κ3) is 3.60. The maximum Gasteiger partial charge on any atom is 0.232 e. The molecule has 0 aliphatic heterocycles. The Morgan fingerprint density at radius 1 is 0.963 bits per heavy atom. The highest BCUT2D eigenvalue weighted by Gasteiger charge is 2.22. The van der Waals surface area contributed by atoms with Crippen LogP contribution in [-0.4, -0.2) is 16.5 Å². The van der Waals surface area contributed by atoms with Crippen LogP contribution < -0.4 is 5.32 Å². The summed E-state index contributed by atoms with van der Waals surface area (Å²) in [5.41, 5.74) is 3.69. The van der Waals surface area contributed by atoms with Crippen LogP contribution in [0.3, 0.4) is 0 Å². The summed E-state index contributed by atoms with van der Waals surface area (Å²) < 4.78 is 7.25. The molecule has 4 nitrogen and oxygen atoms in total. The monoisotopic (exact) mass is 421 g/mol. The first-order valence-electron chi connectivity index (χ1n) is 8.96. The van der Waals surface area contributed by atoms with Gasteiger partial charge in [-0.15, -0.1) is 0 Å². The minimum absolute atomic E-state index is 0.506. The van der Waals surface area contributed by atoms with Gasteiger partial charge in [0.05, 0.1) is 5.39 Å². The normalized spacial score (nSPS) is 11.3. The molecule has 0 fully saturated rings. The highest BCUT2D eigenvalue weighted by Crippen LogP contribution is 2.42. The van der Waals surface area contributed by atoms with Gasteiger partial charge >= 0.3 is 0 Å². The number of fused-ring (bicyclic) bond motifs is 1. The molecule has 0 aliphatic carbocycles. The average Bonchev–Trinajstić information content (AvgIpc) is 3.08. The van der Waals surface area contributed by atoms with Gasteiger partial charge in [-0.3, -0.25) is 0 Å². The second-order valence-electron chi connectivity index (χ2n) is 6.86. The van der Waals surface area contributed by atoms with Crippen molar-refractivity contribution in [2.45, 2.75) is 13.8 Å². The van der Waals surface area contributed by atoms with Gasteiger partial charge in [-0.2, -0.15) is 0 Å². The zero-order valence-electron chi connectivity index (χ0n) is 15.2. The predicted molar refractivity (Wildman–Crippen MR) is 114 cm³/mol. The van der Waals surface area contributed by atoms with Crippen molar-refractivity contribution in [3.05, 3.63) is 65.4 Å². The Labute approximate surface area is 166 Å². The second-order valence-corrected chi connectivity index (χ2v) is 7.77. The van der Waals surface area contributed by atoms with Crippen molar-refractivity contribution in [2.24, 2.45) is 5.92 Å². The molecule has 1 N–H and O–H groups in total. The zero-order valence-corrected chi connectivity index (χ0v) is 16.8. The largest absolute Gasteiger partial charge is 0.437 e. The Morgan fingerprint density at radius 2 is 1.70 bits per heavy atom. The van der Waals surface area contributed by atoms with E-state index in [-0.39, 0.29) is 0 Å². The number of furan rings is 1. The molecular weight excluding hydrogens is 402 g/mol. The van der Waals surface area contributed by atoms with Gasteiger partial charge in [0.2, 0.25) is 5.71 Å². The van der Waals surface area contributed by atoms with E-state index in [2.05, 4.69) is 69.3 Å². The van der Waals surface area contributed by atoms with Crippen molar-refractivity contribution in [1.29, 1.82) is 0 Å². The molecule has 0 spiro atoms. The molecule has 2 aromatic heterocycles. The van der Waals surface area contributed by atoms with Gasteiger partial charge in [-0.25, -0.2) is 9.97 Å². The van der Waals surface area contributed by atoms with Gasteiger partial charge in [-0.05, 0) is 23.6 Å². The molecule has 2 heterocycles. The number of rotatable bonds is 5. The van der Waals surface area contributed by atoms with Crippen molar-refractivity contribution in [3.8, 4) is 22.5 Å². The minimum atomic E-state index is 0.506. The summed E-state index contributed by atoms with van der Waals surface area (Å²) in [6.07, 6.45) is 1.55. The maximum absolute atomic E-state index is 6.21. The molecule has 27 heavy (non-hydrogen) atoms. The van der Waals surface area contributed by atoms with E-state index in [4.69, 9.17) is 4.42 Å². The van der Waals surface area contributed by atoms with E-state index >= 15 is 0 Å². The molecule has 0 saturated carbocycles. The van der Waals surface area contributed by atoms with Crippen molar-refractivity contribution in [2.75, 3.05) is 11.9 Å². The predicted octanol–water partition coefficient (Wildman–Crippen LogP) is 6.39. The van der Waals surface area contributed by atoms with E-state index in [9.17, 15) is 0 Å². The lowest BCUT2D eigenvalue weighted by Gasteiger charge is -2.10. The lowest BCUT2D eigenvalue weighted by Crippen LogP contribution is -2.09. The smallest absolute Gasteiger partial charge is 0.232 e. The van der Waals surface area contributed by atoms with Crippen LogP contribution in [0, 0.1) is 5.92 Å². The van der Waals surface area contributed by atoms with Crippen molar-refractivity contribution < 1.29 is 4.42 Å². The van der Waals surface area contributed by atoms with E-state index in [0.29, 0.717) is 11.6 Å². The summed E-state index contributed by atoms with van der Waals surface area (Å²) in [7, 11) is 0. The molecule has 0 saturated heterocycles. The van der Waals surface area contributed by atoms with Crippen LogP contribution in [0.2, 0.25) is 0 Å². The summed E-state index contributed by atoms with van der Waals surface area (Å²) in [5.74, 6) is 2.12. The molecule has 0 aliphatic rings. The summed E-state index contributed by atoms with van der Waals surface area (Å²) in [5, 5.41) is 4.37. The van der Waals surface area contributed by atoms with Crippen LogP contribution >= 0.6 is 15.9 Å². The van der Waals surface area contributed by atoms with Crippen molar-refractivity contribution in [1.82, 2.24) is 9.97 Å². The molecule has 0 radical (unpaired) electrons. The van der Waals surface area contributed by atoms with Gasteiger partial charge in [0, 0.05) is 22.1 Å². The first-order valence-corrected chi connectivity index (χ1v) is 9.75. The van der Waals surface area contributed by atoms with E-state index < -0.39 is 0 Å². The lowest BCUT2D eigenvalue weighted by molar-refractivity contribution is 0.618. The highest BCUT2D eigenvalue weighted by atomic mass is 79.9. The number of aromatic nitrogens is 2. The Hall–Kier alpha value is -2.66. The van der Waals surface area contributed by atoms with Crippen LogP contribution in [-0.2, 0) is 0 Å². The number of hydrogen-bond acceptors (Lipinski definition) is 4. The van der Waals surface area contributed by atoms with E-state index in [1.165, 1.54) is 0 Å². The van der Waals surface area contributed by atoms with Gasteiger partial charge in [0.15, 0.2) is 0 Å². The van der Waals surface area contributed by atoms with Gasteiger partial charge in [-0.1, -0.05) is 72.2 Å². The quantitative estimate of drug-likeness (QED) is 0.405. The second kappa shape index (κ2) is 7.53. The van der Waals surface area contributed by atoms with E-state index in [1.54, 1.807) is 6.33 Å². The number of nitrogens with zero attached hydrogens (tertiary/aromatic N) is 2. The Kier molecular flexibility index (Phi) is 4.94. The fourth-order valence-corrected chi connectivity index (χ4v) is 3.32. The topological polar surface area (TPSA) is 51.0 Å².